The van der Waals surface area contributed by atoms with Gasteiger partial charge < -0.3 is 24.8 Å². The molecule has 4 heteroatoms. The molecule has 1 aliphatic carbocycles. The average Bonchev–Trinajstić information content (AvgIpc) is 2.28. The van der Waals surface area contributed by atoms with E-state index in [1.54, 1.807) is 20.8 Å². The van der Waals surface area contributed by atoms with Crippen molar-refractivity contribution in [2.45, 2.75) is 33.3 Å². The first-order chi connectivity index (χ1) is 5.15. The molecule has 0 amide bonds. The summed E-state index contributed by atoms with van der Waals surface area (Å²) in [4.78, 5) is 0. The molecular weight excluding hydrogens is 243 g/mol. The van der Waals surface area contributed by atoms with Gasteiger partial charge in [-0.05, 0) is 0 Å². The van der Waals surface area contributed by atoms with Crippen molar-refractivity contribution in [3.8, 4) is 0 Å². The summed E-state index contributed by atoms with van der Waals surface area (Å²) in [7, 11) is 0. The zero-order valence-electron chi connectivity index (χ0n) is 8.03. The van der Waals surface area contributed by atoms with Gasteiger partial charge in [0.15, 0.2) is 0 Å². The van der Waals surface area contributed by atoms with Gasteiger partial charge in [-0.1, -0.05) is 0 Å². The monoisotopic (exact) mass is 255 g/mol. The summed E-state index contributed by atoms with van der Waals surface area (Å²) in [6.07, 6.45) is 3.62. The zero-order chi connectivity index (χ0) is 8.43. The van der Waals surface area contributed by atoms with Gasteiger partial charge in [0.05, 0.1) is 0 Å². The summed E-state index contributed by atoms with van der Waals surface area (Å²) in [5.41, 5.74) is 4.27. The van der Waals surface area contributed by atoms with E-state index in [0.29, 0.717) is 0 Å². The van der Waals surface area contributed by atoms with Crippen molar-refractivity contribution in [1.29, 1.82) is 0 Å². The van der Waals surface area contributed by atoms with Crippen LogP contribution >= 0.6 is 0 Å². The molecule has 1 aliphatic rings. The smallest absolute Gasteiger partial charge is 1.00 e. The molecule has 0 radical (unpaired) electrons. The van der Waals surface area contributed by atoms with Gasteiger partial charge in [0, 0.05) is 0 Å². The van der Waals surface area contributed by atoms with Crippen LogP contribution in [-0.2, 0) is 24.1 Å². The third kappa shape index (κ3) is 4.18. The molecule has 0 aromatic carbocycles. The fourth-order valence-corrected chi connectivity index (χ4v) is 1.71. The number of hydrogen-bond acceptors (Lipinski definition) is 1. The Morgan fingerprint density at radius 2 is 1.92 bits per heavy atom. The number of hydrogen-bond donors (Lipinski definition) is 0. The Morgan fingerprint density at radius 3 is 2.23 bits per heavy atom. The summed E-state index contributed by atoms with van der Waals surface area (Å²) >= 11 is 1.76. The maximum Gasteiger partial charge on any atom is -1.00 e. The van der Waals surface area contributed by atoms with Crippen LogP contribution in [0, 0.1) is 0 Å². The summed E-state index contributed by atoms with van der Waals surface area (Å²) < 4.78 is 5.26. The average molecular weight is 256 g/mol. The van der Waals surface area contributed by atoms with Crippen LogP contribution in [0.2, 0.25) is 0 Å². The quantitative estimate of drug-likeness (QED) is 0.466. The van der Waals surface area contributed by atoms with Crippen LogP contribution in [0.5, 0.6) is 0 Å². The summed E-state index contributed by atoms with van der Waals surface area (Å²) in [5, 5.41) is 0. The van der Waals surface area contributed by atoms with E-state index in [4.69, 9.17) is 3.32 Å². The van der Waals surface area contributed by atoms with Crippen LogP contribution in [0.3, 0.4) is 0 Å². The molecule has 1 nitrogen and oxygen atoms in total. The van der Waals surface area contributed by atoms with Gasteiger partial charge >= 0.3 is 80.2 Å². The Labute approximate surface area is 105 Å². The second-order valence-corrected chi connectivity index (χ2v) is 3.50. The van der Waals surface area contributed by atoms with Crippen LogP contribution in [0.15, 0.2) is 22.8 Å². The minimum absolute atomic E-state index is 0. The molecule has 0 aliphatic heterocycles. The second kappa shape index (κ2) is 7.08. The topological polar surface area (TPSA) is 9.23 Å². The fourth-order valence-electron chi connectivity index (χ4n) is 1.49. The van der Waals surface area contributed by atoms with Crippen LogP contribution in [-0.4, -0.2) is 6.10 Å². The van der Waals surface area contributed by atoms with Gasteiger partial charge in [-0.3, -0.25) is 0 Å². The molecule has 1 unspecified atom stereocenters. The SMILES string of the molecule is CC1=CC(C)=C(C(C)[O][Ti+2])C1.[Cl-].[Cl-]. The molecule has 0 N–H and O–H groups in total. The van der Waals surface area contributed by atoms with Gasteiger partial charge in [-0.15, -0.1) is 0 Å². The molecule has 73 valence electrons. The first-order valence-corrected chi connectivity index (χ1v) is 4.48. The fraction of sp³-hybridized carbons (Fsp3) is 0.556. The van der Waals surface area contributed by atoms with Gasteiger partial charge in [-0.25, -0.2) is 0 Å². The Morgan fingerprint density at radius 1 is 1.38 bits per heavy atom. The predicted molar refractivity (Wildman–Crippen MR) is 41.6 cm³/mol. The number of halogens is 2. The molecule has 13 heavy (non-hydrogen) atoms. The summed E-state index contributed by atoms with van der Waals surface area (Å²) in [5.74, 6) is 0. The normalized spacial score (nSPS) is 17.5. The van der Waals surface area contributed by atoms with E-state index in [9.17, 15) is 0 Å². The number of allylic oxidation sites excluding steroid dienone is 3. The standard InChI is InChI=1S/C9H13O.2ClH.Ti/c1-6-4-7(2)9(5-6)8(3)10;;;/h4,8H,5H2,1-3H3;2*1H;/q-1;;;+3/p-2. The van der Waals surface area contributed by atoms with E-state index in [1.807, 2.05) is 0 Å². The molecule has 0 fully saturated rings. The van der Waals surface area contributed by atoms with E-state index >= 15 is 0 Å². The van der Waals surface area contributed by atoms with Gasteiger partial charge in [0.1, 0.15) is 0 Å². The molecule has 0 heterocycles. The van der Waals surface area contributed by atoms with E-state index < -0.39 is 0 Å². The first-order valence-electron chi connectivity index (χ1n) is 3.84. The van der Waals surface area contributed by atoms with Crippen molar-refractivity contribution in [2.24, 2.45) is 0 Å². The third-order valence-electron chi connectivity index (χ3n) is 2.11. The second-order valence-electron chi connectivity index (χ2n) is 3.14. The predicted octanol–water partition coefficient (Wildman–Crippen LogP) is -3.47. The van der Waals surface area contributed by atoms with Gasteiger partial charge in [0.25, 0.3) is 0 Å². The molecular formula is C9H13Cl2OTi. The van der Waals surface area contributed by atoms with Crippen molar-refractivity contribution in [3.05, 3.63) is 22.8 Å². The van der Waals surface area contributed by atoms with E-state index in [0.717, 1.165) is 6.42 Å². The zero-order valence-corrected chi connectivity index (χ0v) is 11.1. The molecule has 0 aromatic rings. The van der Waals surface area contributed by atoms with Gasteiger partial charge in [0.2, 0.25) is 0 Å². The van der Waals surface area contributed by atoms with Crippen LogP contribution in [0.25, 0.3) is 0 Å². The maximum absolute atomic E-state index is 5.26. The minimum Gasteiger partial charge on any atom is -1.00 e. The van der Waals surface area contributed by atoms with Crippen LogP contribution < -0.4 is 24.8 Å². The maximum atomic E-state index is 5.26. The number of rotatable bonds is 2. The van der Waals surface area contributed by atoms with E-state index in [-0.39, 0.29) is 30.9 Å². The van der Waals surface area contributed by atoms with Crippen molar-refractivity contribution >= 4 is 0 Å². The van der Waals surface area contributed by atoms with Crippen molar-refractivity contribution in [2.75, 3.05) is 0 Å². The van der Waals surface area contributed by atoms with E-state index in [1.165, 1.54) is 16.7 Å². The Hall–Kier alpha value is 0.734. The minimum atomic E-state index is 0. The van der Waals surface area contributed by atoms with Crippen molar-refractivity contribution < 1.29 is 49.0 Å². The summed E-state index contributed by atoms with van der Waals surface area (Å²) in [6.45, 7) is 6.42. The Kier molecular flexibility index (Phi) is 8.81. The molecule has 0 bridgehead atoms. The van der Waals surface area contributed by atoms with Crippen molar-refractivity contribution in [3.63, 3.8) is 0 Å². The van der Waals surface area contributed by atoms with Crippen LogP contribution in [0.1, 0.15) is 27.2 Å². The Bertz CT molecular complexity index is 224. The largest absolute Gasteiger partial charge is 1.00 e. The molecule has 1 atom stereocenters. The summed E-state index contributed by atoms with van der Waals surface area (Å²) in [6, 6.07) is 0. The molecule has 1 rings (SSSR count). The third-order valence-corrected chi connectivity index (χ3v) is 2.66. The molecule has 0 saturated heterocycles. The first kappa shape index (κ1) is 16.2. The Balaban J connectivity index is 0. The molecule has 0 aromatic heterocycles. The molecule has 0 spiro atoms. The molecule has 0 saturated carbocycles. The van der Waals surface area contributed by atoms with Gasteiger partial charge in [-0.2, -0.15) is 0 Å². The van der Waals surface area contributed by atoms with E-state index in [2.05, 4.69) is 26.8 Å². The van der Waals surface area contributed by atoms with Crippen molar-refractivity contribution in [1.82, 2.24) is 0 Å². The van der Waals surface area contributed by atoms with Crippen LogP contribution in [0.4, 0.5) is 0 Å².